The van der Waals surface area contributed by atoms with E-state index < -0.39 is 0 Å². The van der Waals surface area contributed by atoms with Gasteiger partial charge >= 0.3 is 0 Å². The molecule has 0 aliphatic heterocycles. The molecule has 3 N–H and O–H groups in total. The first-order valence-electron chi connectivity index (χ1n) is 5.31. The molecule has 4 nitrogen and oxygen atoms in total. The molecule has 0 fully saturated rings. The number of nitrogens with two attached hydrogens (primary N) is 1. The van der Waals surface area contributed by atoms with Gasteiger partial charge in [0.25, 0.3) is 0 Å². The highest BCUT2D eigenvalue weighted by atomic mass is 32.1. The van der Waals surface area contributed by atoms with E-state index in [1.54, 1.807) is 11.6 Å². The van der Waals surface area contributed by atoms with Gasteiger partial charge in [0, 0.05) is 16.8 Å². The molecule has 1 amide bonds. The molecule has 0 bridgehead atoms. The van der Waals surface area contributed by atoms with Crippen LogP contribution < -0.4 is 11.1 Å². The Morgan fingerprint density at radius 1 is 1.65 bits per heavy atom. The van der Waals surface area contributed by atoms with Gasteiger partial charge in [0.15, 0.2) is 0 Å². The van der Waals surface area contributed by atoms with Gasteiger partial charge in [0.1, 0.15) is 5.76 Å². The van der Waals surface area contributed by atoms with Crippen LogP contribution in [-0.4, -0.2) is 5.91 Å². The van der Waals surface area contributed by atoms with Crippen LogP contribution in [0.25, 0.3) is 0 Å². The Bertz CT molecular complexity index is 490. The molecular formula is C12H14N2O2S. The molecule has 1 atom stereocenters. The summed E-state index contributed by atoms with van der Waals surface area (Å²) in [7, 11) is 0. The Labute approximate surface area is 103 Å². The number of hydrogen-bond donors (Lipinski definition) is 2. The van der Waals surface area contributed by atoms with E-state index in [-0.39, 0.29) is 11.9 Å². The predicted molar refractivity (Wildman–Crippen MR) is 66.8 cm³/mol. The Morgan fingerprint density at radius 3 is 3.06 bits per heavy atom. The lowest BCUT2D eigenvalue weighted by Gasteiger charge is -2.09. The van der Waals surface area contributed by atoms with Crippen molar-refractivity contribution < 1.29 is 9.21 Å². The van der Waals surface area contributed by atoms with Crippen LogP contribution in [0.1, 0.15) is 34.0 Å². The summed E-state index contributed by atoms with van der Waals surface area (Å²) in [5.74, 6) is 0.517. The topological polar surface area (TPSA) is 68.3 Å². The Balaban J connectivity index is 1.91. The van der Waals surface area contributed by atoms with Gasteiger partial charge in [-0.1, -0.05) is 0 Å². The van der Waals surface area contributed by atoms with Crippen molar-refractivity contribution in [3.63, 3.8) is 0 Å². The fourth-order valence-corrected chi connectivity index (χ4v) is 2.32. The van der Waals surface area contributed by atoms with E-state index in [0.29, 0.717) is 12.1 Å². The van der Waals surface area contributed by atoms with Crippen LogP contribution in [0.5, 0.6) is 0 Å². The highest BCUT2D eigenvalue weighted by Crippen LogP contribution is 2.17. The van der Waals surface area contributed by atoms with Crippen molar-refractivity contribution in [1.29, 1.82) is 0 Å². The van der Waals surface area contributed by atoms with E-state index in [4.69, 9.17) is 10.2 Å². The second-order valence-corrected chi connectivity index (χ2v) is 4.78. The van der Waals surface area contributed by atoms with E-state index in [0.717, 1.165) is 10.6 Å². The minimum absolute atomic E-state index is 0.143. The van der Waals surface area contributed by atoms with E-state index >= 15 is 0 Å². The lowest BCUT2D eigenvalue weighted by molar-refractivity contribution is 0.100. The molecule has 5 heteroatoms. The minimum Gasteiger partial charge on any atom is -0.468 e. The van der Waals surface area contributed by atoms with Crippen LogP contribution >= 0.6 is 11.3 Å². The Hall–Kier alpha value is -1.59. The molecule has 2 aromatic rings. The lowest BCUT2D eigenvalue weighted by atomic mass is 10.2. The van der Waals surface area contributed by atoms with Gasteiger partial charge in [0.05, 0.1) is 17.9 Å². The molecule has 0 saturated heterocycles. The number of carbonyl (C=O) groups is 1. The fourth-order valence-electron chi connectivity index (χ4n) is 1.49. The van der Waals surface area contributed by atoms with Crippen molar-refractivity contribution in [3.8, 4) is 0 Å². The number of nitrogens with one attached hydrogen (secondary N) is 1. The minimum atomic E-state index is -0.383. The summed E-state index contributed by atoms with van der Waals surface area (Å²) < 4.78 is 5.29. The highest BCUT2D eigenvalue weighted by Gasteiger charge is 2.09. The normalized spacial score (nSPS) is 12.5. The number of hydrogen-bond acceptors (Lipinski definition) is 4. The molecule has 0 radical (unpaired) electrons. The molecule has 0 aliphatic carbocycles. The van der Waals surface area contributed by atoms with E-state index in [9.17, 15) is 4.79 Å². The van der Waals surface area contributed by atoms with E-state index in [1.807, 2.05) is 25.1 Å². The number of furan rings is 1. The molecule has 0 aromatic carbocycles. The third-order valence-electron chi connectivity index (χ3n) is 2.49. The number of rotatable bonds is 5. The second-order valence-electron chi connectivity index (χ2n) is 3.78. The van der Waals surface area contributed by atoms with Gasteiger partial charge < -0.3 is 15.5 Å². The average Bonchev–Trinajstić information content (AvgIpc) is 2.97. The Morgan fingerprint density at radius 2 is 2.47 bits per heavy atom. The number of carbonyl (C=O) groups excluding carboxylic acids is 1. The van der Waals surface area contributed by atoms with E-state index in [1.165, 1.54) is 11.3 Å². The quantitative estimate of drug-likeness (QED) is 0.855. The summed E-state index contributed by atoms with van der Waals surface area (Å²) in [5, 5.41) is 5.09. The van der Waals surface area contributed by atoms with Crippen molar-refractivity contribution in [3.05, 3.63) is 46.0 Å². The molecule has 2 rings (SSSR count). The van der Waals surface area contributed by atoms with Gasteiger partial charge in [-0.05, 0) is 25.1 Å². The lowest BCUT2D eigenvalue weighted by Crippen LogP contribution is -2.17. The third kappa shape index (κ3) is 2.95. The highest BCUT2D eigenvalue weighted by molar-refractivity contribution is 7.10. The van der Waals surface area contributed by atoms with E-state index in [2.05, 4.69) is 5.32 Å². The van der Waals surface area contributed by atoms with Crippen molar-refractivity contribution in [2.24, 2.45) is 5.73 Å². The van der Waals surface area contributed by atoms with Crippen LogP contribution in [0, 0.1) is 0 Å². The van der Waals surface area contributed by atoms with Crippen LogP contribution in [-0.2, 0) is 6.54 Å². The van der Waals surface area contributed by atoms with Crippen LogP contribution in [0.4, 0.5) is 0 Å². The first-order chi connectivity index (χ1) is 8.16. The maximum absolute atomic E-state index is 10.9. The van der Waals surface area contributed by atoms with Crippen LogP contribution in [0.3, 0.4) is 0 Å². The first kappa shape index (κ1) is 11.9. The van der Waals surface area contributed by atoms with Crippen LogP contribution in [0.15, 0.2) is 34.3 Å². The molecule has 0 aliphatic rings. The monoisotopic (exact) mass is 250 g/mol. The molecule has 2 heterocycles. The summed E-state index contributed by atoms with van der Waals surface area (Å²) in [4.78, 5) is 12.0. The standard InChI is InChI=1S/C12H14N2O2S/c1-8(11-3-2-4-16-11)14-6-10-5-9(7-17-10)12(13)15/h2-5,7-8,14H,6H2,1H3,(H2,13,15)/t8-/m0/s1. The SMILES string of the molecule is C[C@H](NCc1cc(C(N)=O)cs1)c1ccco1. The fraction of sp³-hybridized carbons (Fsp3) is 0.250. The largest absolute Gasteiger partial charge is 0.468 e. The van der Waals surface area contributed by atoms with Gasteiger partial charge in [0.2, 0.25) is 5.91 Å². The molecule has 90 valence electrons. The summed E-state index contributed by atoms with van der Waals surface area (Å²) in [6, 6.07) is 5.75. The summed E-state index contributed by atoms with van der Waals surface area (Å²) in [6.45, 7) is 2.72. The van der Waals surface area contributed by atoms with Gasteiger partial charge in [-0.25, -0.2) is 0 Å². The van der Waals surface area contributed by atoms with Crippen molar-refractivity contribution in [2.45, 2.75) is 19.5 Å². The van der Waals surface area contributed by atoms with Crippen LogP contribution in [0.2, 0.25) is 0 Å². The number of thiophene rings is 1. The maximum atomic E-state index is 10.9. The molecule has 2 aromatic heterocycles. The molecule has 0 saturated carbocycles. The smallest absolute Gasteiger partial charge is 0.249 e. The Kier molecular flexibility index (Phi) is 3.61. The third-order valence-corrected chi connectivity index (χ3v) is 3.43. The molecule has 0 spiro atoms. The first-order valence-corrected chi connectivity index (χ1v) is 6.19. The zero-order chi connectivity index (χ0) is 12.3. The summed E-state index contributed by atoms with van der Waals surface area (Å²) in [5.41, 5.74) is 5.76. The van der Waals surface area contributed by atoms with Gasteiger partial charge in [-0.15, -0.1) is 11.3 Å². The zero-order valence-electron chi connectivity index (χ0n) is 9.47. The number of primary amides is 1. The van der Waals surface area contributed by atoms with Gasteiger partial charge in [-0.3, -0.25) is 4.79 Å². The van der Waals surface area contributed by atoms with Gasteiger partial charge in [-0.2, -0.15) is 0 Å². The molecule has 17 heavy (non-hydrogen) atoms. The van der Waals surface area contributed by atoms with Crippen molar-refractivity contribution in [1.82, 2.24) is 5.32 Å². The summed E-state index contributed by atoms with van der Waals surface area (Å²) >= 11 is 1.52. The average molecular weight is 250 g/mol. The maximum Gasteiger partial charge on any atom is 0.249 e. The number of amides is 1. The second kappa shape index (κ2) is 5.16. The van der Waals surface area contributed by atoms with Crippen molar-refractivity contribution in [2.75, 3.05) is 0 Å². The zero-order valence-corrected chi connectivity index (χ0v) is 10.3. The molecular weight excluding hydrogens is 236 g/mol. The summed E-state index contributed by atoms with van der Waals surface area (Å²) in [6.07, 6.45) is 1.66. The predicted octanol–water partition coefficient (Wildman–Crippen LogP) is 2.29. The molecule has 0 unspecified atom stereocenters. The van der Waals surface area contributed by atoms with Crippen molar-refractivity contribution >= 4 is 17.2 Å².